The Morgan fingerprint density at radius 1 is 1.36 bits per heavy atom. The molecule has 1 saturated heterocycles. The van der Waals surface area contributed by atoms with Gasteiger partial charge in [-0.3, -0.25) is 9.59 Å². The molecule has 1 aromatic rings. The van der Waals surface area contributed by atoms with E-state index >= 15 is 0 Å². The second-order valence-corrected chi connectivity index (χ2v) is 8.36. The highest BCUT2D eigenvalue weighted by atomic mass is 32.2. The summed E-state index contributed by atoms with van der Waals surface area (Å²) in [4.78, 5) is 25.8. The third-order valence-electron chi connectivity index (χ3n) is 4.66. The zero-order valence-corrected chi connectivity index (χ0v) is 16.4. The van der Waals surface area contributed by atoms with Crippen molar-refractivity contribution < 1.29 is 27.5 Å². The fourth-order valence-corrected chi connectivity index (χ4v) is 5.15. The van der Waals surface area contributed by atoms with Gasteiger partial charge in [0.15, 0.2) is 0 Å². The predicted octanol–water partition coefficient (Wildman–Crippen LogP) is 1.79. The van der Waals surface area contributed by atoms with Crippen molar-refractivity contribution in [3.63, 3.8) is 0 Å². The van der Waals surface area contributed by atoms with Crippen LogP contribution in [0.4, 0.5) is 0 Å². The van der Waals surface area contributed by atoms with Gasteiger partial charge in [-0.2, -0.15) is 4.31 Å². The predicted molar refractivity (Wildman–Crippen MR) is 98.5 cm³/mol. The Kier molecular flexibility index (Phi) is 7.38. The van der Waals surface area contributed by atoms with Gasteiger partial charge in [-0.1, -0.05) is 22.8 Å². The van der Waals surface area contributed by atoms with E-state index in [0.29, 0.717) is 0 Å². The summed E-state index contributed by atoms with van der Waals surface area (Å²) in [6.07, 6.45) is 0.403. The fourth-order valence-electron chi connectivity index (χ4n) is 3.38. The number of carbonyl (C=O) groups is 2. The quantitative estimate of drug-likeness (QED) is 0.210. The molecule has 0 saturated carbocycles. The maximum absolute atomic E-state index is 13.3. The summed E-state index contributed by atoms with van der Waals surface area (Å²) >= 11 is 0. The Hall–Kier alpha value is -2.62. The van der Waals surface area contributed by atoms with Crippen molar-refractivity contribution >= 4 is 22.5 Å². The lowest BCUT2D eigenvalue weighted by atomic mass is 9.88. The lowest BCUT2D eigenvalue weighted by Crippen LogP contribution is -2.57. The number of carbonyl (C=O) groups excluding carboxylic acids is 2. The van der Waals surface area contributed by atoms with Crippen LogP contribution in [0.3, 0.4) is 0 Å². The Balaban J connectivity index is 2.49. The van der Waals surface area contributed by atoms with Crippen LogP contribution >= 0.6 is 0 Å². The minimum Gasteiger partial charge on any atom is -0.468 e. The number of hydrogen-bond acceptors (Lipinski definition) is 7. The second-order valence-electron chi connectivity index (χ2n) is 6.52. The lowest BCUT2D eigenvalue weighted by molar-refractivity contribution is -0.148. The van der Waals surface area contributed by atoms with E-state index < -0.39 is 28.1 Å². The molecule has 11 heteroatoms. The van der Waals surface area contributed by atoms with E-state index in [0.717, 1.165) is 9.87 Å². The number of benzene rings is 1. The molecule has 152 valence electrons. The molecule has 0 aliphatic carbocycles. The number of ether oxygens (including phenoxy) is 2. The fraction of sp³-hybridized carbons (Fsp3) is 0.529. The Morgan fingerprint density at radius 2 is 2.04 bits per heavy atom. The van der Waals surface area contributed by atoms with Gasteiger partial charge >= 0.3 is 5.97 Å². The number of esters is 1. The van der Waals surface area contributed by atoms with Crippen molar-refractivity contribution in [2.45, 2.75) is 36.7 Å². The van der Waals surface area contributed by atoms with E-state index in [9.17, 15) is 18.0 Å². The molecule has 0 bridgehead atoms. The van der Waals surface area contributed by atoms with Crippen LogP contribution in [0.25, 0.3) is 10.4 Å². The minimum absolute atomic E-state index is 0.0246. The first-order chi connectivity index (χ1) is 13.3. The Labute approximate surface area is 163 Å². The molecule has 1 aromatic carbocycles. The molecule has 0 spiro atoms. The van der Waals surface area contributed by atoms with Crippen molar-refractivity contribution in [3.8, 4) is 0 Å². The number of hydrogen-bond donors (Lipinski definition) is 0. The molecule has 10 nitrogen and oxygen atoms in total. The molecular weight excluding hydrogens is 388 g/mol. The minimum atomic E-state index is -4.07. The molecule has 1 fully saturated rings. The van der Waals surface area contributed by atoms with Crippen molar-refractivity contribution in [2.24, 2.45) is 11.0 Å². The van der Waals surface area contributed by atoms with E-state index in [1.54, 1.807) is 12.1 Å². The van der Waals surface area contributed by atoms with Gasteiger partial charge in [-0.25, -0.2) is 8.42 Å². The highest BCUT2D eigenvalue weighted by molar-refractivity contribution is 7.89. The topological polar surface area (TPSA) is 139 Å². The molecule has 0 amide bonds. The van der Waals surface area contributed by atoms with Crippen LogP contribution < -0.4 is 0 Å². The van der Waals surface area contributed by atoms with Crippen LogP contribution in [0.5, 0.6) is 0 Å². The first kappa shape index (κ1) is 21.7. The smallest absolute Gasteiger partial charge is 0.324 e. The number of nitrogens with zero attached hydrogens (tertiary/aromatic N) is 4. The largest absolute Gasteiger partial charge is 0.468 e. The first-order valence-electron chi connectivity index (χ1n) is 8.59. The monoisotopic (exact) mass is 410 g/mol. The van der Waals surface area contributed by atoms with Gasteiger partial charge in [0.25, 0.3) is 6.47 Å². The molecule has 28 heavy (non-hydrogen) atoms. The Morgan fingerprint density at radius 3 is 2.61 bits per heavy atom. The highest BCUT2D eigenvalue weighted by Gasteiger charge is 2.46. The summed E-state index contributed by atoms with van der Waals surface area (Å²) in [6.45, 7) is 1.92. The van der Waals surface area contributed by atoms with Gasteiger partial charge in [0.05, 0.1) is 18.0 Å². The molecule has 1 aliphatic heterocycles. The van der Waals surface area contributed by atoms with Crippen molar-refractivity contribution in [2.75, 3.05) is 20.3 Å². The number of rotatable bonds is 8. The third kappa shape index (κ3) is 4.80. The van der Waals surface area contributed by atoms with Crippen LogP contribution in [0.15, 0.2) is 34.3 Å². The summed E-state index contributed by atoms with van der Waals surface area (Å²) < 4.78 is 37.3. The summed E-state index contributed by atoms with van der Waals surface area (Å²) in [5.41, 5.74) is 9.45. The number of piperidine rings is 1. The molecule has 0 radical (unpaired) electrons. The molecule has 2 rings (SSSR count). The van der Waals surface area contributed by atoms with Crippen molar-refractivity contribution in [3.05, 3.63) is 40.3 Å². The van der Waals surface area contributed by atoms with Gasteiger partial charge < -0.3 is 9.47 Å². The highest BCUT2D eigenvalue weighted by Crippen LogP contribution is 2.34. The SMILES string of the molecule is COC(=O)[C@@H]1C[C@H](CN=[N+]=[N-])C[C@H](COC=O)N1S(=O)(=O)c1ccc(C)cc1. The number of methoxy groups -OCH3 is 1. The summed E-state index contributed by atoms with van der Waals surface area (Å²) in [7, 11) is -2.90. The number of azide groups is 1. The standard InChI is InChI=1S/C17H22N4O6S/c1-12-3-5-15(6-4-12)28(24,25)21-14(10-27-11-22)7-13(9-19-20-18)8-16(21)17(23)26-2/h3-6,11,13-14,16H,7-10H2,1-2H3/t13-,14-,16+/m1/s1. The molecule has 0 unspecified atom stereocenters. The normalized spacial score (nSPS) is 22.7. The summed E-state index contributed by atoms with van der Waals surface area (Å²) in [5, 5.41) is 3.53. The van der Waals surface area contributed by atoms with Gasteiger partial charge in [0.2, 0.25) is 10.0 Å². The van der Waals surface area contributed by atoms with E-state index in [1.165, 1.54) is 19.2 Å². The molecule has 3 atom stereocenters. The molecular formula is C17H22N4O6S. The van der Waals surface area contributed by atoms with Crippen molar-refractivity contribution in [1.29, 1.82) is 0 Å². The van der Waals surface area contributed by atoms with E-state index in [1.807, 2.05) is 6.92 Å². The summed E-state index contributed by atoms with van der Waals surface area (Å²) in [6, 6.07) is 4.32. The maximum atomic E-state index is 13.3. The zero-order chi connectivity index (χ0) is 20.7. The van der Waals surface area contributed by atoms with Gasteiger partial charge in [0.1, 0.15) is 12.6 Å². The molecule has 0 N–H and O–H groups in total. The molecule has 1 aliphatic rings. The molecule has 0 aromatic heterocycles. The van der Waals surface area contributed by atoms with Crippen molar-refractivity contribution in [1.82, 2.24) is 4.31 Å². The third-order valence-corrected chi connectivity index (χ3v) is 6.63. The van der Waals surface area contributed by atoms with Crippen LogP contribution in [0, 0.1) is 12.8 Å². The Bertz CT molecular complexity index is 851. The maximum Gasteiger partial charge on any atom is 0.324 e. The van der Waals surface area contributed by atoms with E-state index in [-0.39, 0.29) is 43.3 Å². The van der Waals surface area contributed by atoms with Gasteiger partial charge in [0, 0.05) is 11.5 Å². The molecule has 1 heterocycles. The van der Waals surface area contributed by atoms with Crippen LogP contribution in [-0.4, -0.2) is 57.5 Å². The van der Waals surface area contributed by atoms with Crippen LogP contribution in [0.2, 0.25) is 0 Å². The lowest BCUT2D eigenvalue weighted by Gasteiger charge is -2.42. The van der Waals surface area contributed by atoms with Crippen LogP contribution in [0.1, 0.15) is 18.4 Å². The van der Waals surface area contributed by atoms with Gasteiger partial charge in [-0.15, -0.1) is 0 Å². The number of aryl methyl sites for hydroxylation is 1. The zero-order valence-electron chi connectivity index (χ0n) is 15.6. The number of sulfonamides is 1. The summed E-state index contributed by atoms with van der Waals surface area (Å²) in [5.74, 6) is -0.984. The van der Waals surface area contributed by atoms with Crippen LogP contribution in [-0.2, 0) is 29.1 Å². The average Bonchev–Trinajstić information content (AvgIpc) is 2.69. The van der Waals surface area contributed by atoms with E-state index in [2.05, 4.69) is 10.0 Å². The average molecular weight is 410 g/mol. The second kappa shape index (κ2) is 9.54. The van der Waals surface area contributed by atoms with Gasteiger partial charge in [-0.05, 0) is 43.3 Å². The first-order valence-corrected chi connectivity index (χ1v) is 10.0. The van der Waals surface area contributed by atoms with E-state index in [4.69, 9.17) is 15.0 Å².